The van der Waals surface area contributed by atoms with E-state index in [-0.39, 0.29) is 29.8 Å². The van der Waals surface area contributed by atoms with Gasteiger partial charge in [-0.25, -0.2) is 14.8 Å². The van der Waals surface area contributed by atoms with Gasteiger partial charge in [0.05, 0.1) is 11.9 Å². The van der Waals surface area contributed by atoms with E-state index in [0.717, 1.165) is 37.1 Å². The molecule has 1 fully saturated rings. The molecule has 1 aromatic heterocycles. The maximum Gasteiger partial charge on any atom is 0.573 e. The summed E-state index contributed by atoms with van der Waals surface area (Å²) in [5, 5.41) is 11.4. The maximum atomic E-state index is 12.8. The van der Waals surface area contributed by atoms with Crippen molar-refractivity contribution in [2.24, 2.45) is 0 Å². The van der Waals surface area contributed by atoms with Crippen LogP contribution in [0.5, 0.6) is 5.75 Å². The number of nitrogen functional groups attached to an aromatic ring is 1. The Balaban J connectivity index is 1.36. The highest BCUT2D eigenvalue weighted by Crippen LogP contribution is 2.24. The third-order valence-corrected chi connectivity index (χ3v) is 5.67. The van der Waals surface area contributed by atoms with E-state index in [1.165, 1.54) is 18.3 Å². The van der Waals surface area contributed by atoms with Crippen molar-refractivity contribution in [3.8, 4) is 17.0 Å². The van der Waals surface area contributed by atoms with Gasteiger partial charge in [0.1, 0.15) is 5.75 Å². The molecular weight excluding hydrogens is 503 g/mol. The number of hydrogen-bond acceptors (Lipinski definition) is 7. The summed E-state index contributed by atoms with van der Waals surface area (Å²) < 4.78 is 40.6. The van der Waals surface area contributed by atoms with E-state index >= 15 is 0 Å². The van der Waals surface area contributed by atoms with Gasteiger partial charge in [-0.1, -0.05) is 18.2 Å². The molecule has 0 radical (unpaired) electrons. The summed E-state index contributed by atoms with van der Waals surface area (Å²) in [4.78, 5) is 33.6. The predicted octanol–water partition coefficient (Wildman–Crippen LogP) is 3.43. The highest BCUT2D eigenvalue weighted by atomic mass is 19.4. The topological polar surface area (TPSA) is 143 Å². The van der Waals surface area contributed by atoms with Gasteiger partial charge in [0.15, 0.2) is 11.5 Å². The van der Waals surface area contributed by atoms with E-state index in [1.54, 1.807) is 24.3 Å². The van der Waals surface area contributed by atoms with Gasteiger partial charge < -0.3 is 31.7 Å². The number of hydrogen-bond donors (Lipinski definition) is 5. The molecule has 2 heterocycles. The smallest absolute Gasteiger partial charge is 0.406 e. The lowest BCUT2D eigenvalue weighted by Crippen LogP contribution is -2.46. The second-order valence-electron chi connectivity index (χ2n) is 8.59. The first kappa shape index (κ1) is 26.7. The predicted molar refractivity (Wildman–Crippen MR) is 134 cm³/mol. The van der Waals surface area contributed by atoms with Gasteiger partial charge in [0.2, 0.25) is 0 Å². The molecule has 6 N–H and O–H groups in total. The lowest BCUT2D eigenvalue weighted by molar-refractivity contribution is -0.274. The van der Waals surface area contributed by atoms with Crippen LogP contribution >= 0.6 is 0 Å². The molecule has 4 rings (SSSR count). The molecule has 3 aromatic rings. The zero-order valence-corrected chi connectivity index (χ0v) is 20.1. The Morgan fingerprint density at radius 3 is 2.66 bits per heavy atom. The van der Waals surface area contributed by atoms with Crippen LogP contribution < -0.4 is 31.7 Å². The molecular formula is C25H26F3N7O3. The number of anilines is 2. The number of carbonyl (C=O) groups is 2. The van der Waals surface area contributed by atoms with Crippen molar-refractivity contribution in [2.45, 2.75) is 31.8 Å². The molecule has 2 aromatic carbocycles. The number of nitrogens with zero attached hydrogens (tertiary/aromatic N) is 2. The fourth-order valence-electron chi connectivity index (χ4n) is 3.87. The number of urea groups is 1. The molecule has 13 heteroatoms. The van der Waals surface area contributed by atoms with Crippen LogP contribution in [-0.2, 0) is 6.54 Å². The molecule has 200 valence electrons. The Morgan fingerprint density at radius 2 is 1.95 bits per heavy atom. The monoisotopic (exact) mass is 529 g/mol. The molecule has 0 bridgehead atoms. The largest absolute Gasteiger partial charge is 0.573 e. The SMILES string of the molecule is Nc1ncc(-c2cccc(CNC(=O)Nc3ccc(OC(F)(F)F)cc3)c2)nc1C(=O)NC1CCCNC1. The van der Waals surface area contributed by atoms with Crippen LogP contribution in [0.3, 0.4) is 0 Å². The van der Waals surface area contributed by atoms with Crippen molar-refractivity contribution >= 4 is 23.4 Å². The van der Waals surface area contributed by atoms with Gasteiger partial charge in [0.25, 0.3) is 5.91 Å². The van der Waals surface area contributed by atoms with Gasteiger partial charge in [0, 0.05) is 30.4 Å². The fraction of sp³-hybridized carbons (Fsp3) is 0.280. The number of nitrogens with two attached hydrogens (primary N) is 1. The van der Waals surface area contributed by atoms with Crippen LogP contribution in [0.4, 0.5) is 29.5 Å². The van der Waals surface area contributed by atoms with Crippen LogP contribution in [0.1, 0.15) is 28.9 Å². The third-order valence-electron chi connectivity index (χ3n) is 5.67. The lowest BCUT2D eigenvalue weighted by atomic mass is 10.1. The van der Waals surface area contributed by atoms with Gasteiger partial charge in [-0.05, 0) is 55.3 Å². The van der Waals surface area contributed by atoms with Gasteiger partial charge in [-0.3, -0.25) is 4.79 Å². The summed E-state index contributed by atoms with van der Waals surface area (Å²) in [6.07, 6.45) is -1.49. The Hall–Kier alpha value is -4.39. The number of carbonyl (C=O) groups excluding carboxylic acids is 2. The molecule has 10 nitrogen and oxygen atoms in total. The second kappa shape index (κ2) is 11.8. The highest BCUT2D eigenvalue weighted by molar-refractivity contribution is 5.97. The Labute approximate surface area is 216 Å². The second-order valence-corrected chi connectivity index (χ2v) is 8.59. The fourth-order valence-corrected chi connectivity index (χ4v) is 3.87. The molecule has 3 amide bonds. The number of amides is 3. The number of halogens is 3. The molecule has 0 spiro atoms. The van der Waals surface area contributed by atoms with Gasteiger partial charge >= 0.3 is 12.4 Å². The Morgan fingerprint density at radius 1 is 1.16 bits per heavy atom. The standard InChI is InChI=1S/C25H26F3N7O3/c26-25(27,28)38-19-8-6-17(7-9-19)34-24(37)32-12-15-3-1-4-16(11-15)20-14-31-22(29)21(35-20)23(36)33-18-5-2-10-30-13-18/h1,3-4,6-9,11,14,18,30H,2,5,10,12-13H2,(H2,29,31)(H,33,36)(H2,32,34,37). The van der Waals surface area contributed by atoms with Crippen molar-refractivity contribution in [3.05, 3.63) is 66.0 Å². The molecule has 1 aliphatic rings. The quantitative estimate of drug-likeness (QED) is 0.316. The van der Waals surface area contributed by atoms with E-state index in [2.05, 4.69) is 36.0 Å². The Bertz CT molecular complexity index is 1280. The highest BCUT2D eigenvalue weighted by Gasteiger charge is 2.31. The Kier molecular flexibility index (Phi) is 8.26. The molecule has 1 aliphatic heterocycles. The minimum Gasteiger partial charge on any atom is -0.406 e. The van der Waals surface area contributed by atoms with E-state index in [1.807, 2.05) is 0 Å². The molecule has 1 atom stereocenters. The number of piperidine rings is 1. The summed E-state index contributed by atoms with van der Waals surface area (Å²) in [5.41, 5.74) is 8.11. The van der Waals surface area contributed by atoms with Crippen molar-refractivity contribution in [3.63, 3.8) is 0 Å². The van der Waals surface area contributed by atoms with Crippen molar-refractivity contribution in [2.75, 3.05) is 24.1 Å². The molecule has 1 saturated heterocycles. The van der Waals surface area contributed by atoms with Gasteiger partial charge in [-0.2, -0.15) is 0 Å². The number of ether oxygens (including phenoxy) is 1. The van der Waals surface area contributed by atoms with E-state index < -0.39 is 24.1 Å². The summed E-state index contributed by atoms with van der Waals surface area (Å²) in [7, 11) is 0. The summed E-state index contributed by atoms with van der Waals surface area (Å²) in [6.45, 7) is 1.75. The first-order chi connectivity index (χ1) is 18.2. The zero-order valence-electron chi connectivity index (χ0n) is 20.1. The zero-order chi connectivity index (χ0) is 27.1. The minimum atomic E-state index is -4.79. The van der Waals surface area contributed by atoms with Crippen LogP contribution in [0.25, 0.3) is 11.3 Å². The number of rotatable bonds is 7. The number of nitrogens with one attached hydrogen (secondary N) is 4. The van der Waals surface area contributed by atoms with Crippen molar-refractivity contribution < 1.29 is 27.5 Å². The number of alkyl halides is 3. The number of benzene rings is 2. The van der Waals surface area contributed by atoms with Crippen LogP contribution in [0.15, 0.2) is 54.7 Å². The minimum absolute atomic E-state index is 0.00665. The van der Waals surface area contributed by atoms with Gasteiger partial charge in [-0.15, -0.1) is 13.2 Å². The molecule has 0 saturated carbocycles. The lowest BCUT2D eigenvalue weighted by Gasteiger charge is -2.23. The average molecular weight is 530 g/mol. The van der Waals surface area contributed by atoms with Crippen molar-refractivity contribution in [1.29, 1.82) is 0 Å². The van der Waals surface area contributed by atoms with Crippen LogP contribution in [-0.4, -0.2) is 47.4 Å². The molecule has 38 heavy (non-hydrogen) atoms. The van der Waals surface area contributed by atoms with E-state index in [0.29, 0.717) is 17.8 Å². The maximum absolute atomic E-state index is 12.8. The van der Waals surface area contributed by atoms with Crippen molar-refractivity contribution in [1.82, 2.24) is 25.9 Å². The number of aromatic nitrogens is 2. The normalized spacial score (nSPS) is 15.4. The first-order valence-corrected chi connectivity index (χ1v) is 11.8. The molecule has 0 aliphatic carbocycles. The first-order valence-electron chi connectivity index (χ1n) is 11.8. The van der Waals surface area contributed by atoms with E-state index in [4.69, 9.17) is 5.73 Å². The van der Waals surface area contributed by atoms with E-state index in [9.17, 15) is 22.8 Å². The molecule has 1 unspecified atom stereocenters. The third kappa shape index (κ3) is 7.56. The summed E-state index contributed by atoms with van der Waals surface area (Å²) in [6, 6.07) is 11.4. The average Bonchev–Trinajstić information content (AvgIpc) is 2.89. The summed E-state index contributed by atoms with van der Waals surface area (Å²) >= 11 is 0. The van der Waals surface area contributed by atoms with Crippen LogP contribution in [0, 0.1) is 0 Å². The van der Waals surface area contributed by atoms with Crippen LogP contribution in [0.2, 0.25) is 0 Å². The summed E-state index contributed by atoms with van der Waals surface area (Å²) in [5.74, 6) is -0.752.